The summed E-state index contributed by atoms with van der Waals surface area (Å²) < 4.78 is 0. The fourth-order valence-corrected chi connectivity index (χ4v) is 2.46. The lowest BCUT2D eigenvalue weighted by atomic mass is 10.0. The molecule has 1 saturated heterocycles. The minimum Gasteiger partial charge on any atom is -0.318 e. The van der Waals surface area contributed by atoms with Gasteiger partial charge in [-0.05, 0) is 73.5 Å². The molecule has 1 heterocycles. The van der Waals surface area contributed by atoms with Crippen LogP contribution >= 0.6 is 0 Å². The molecule has 0 saturated carbocycles. The Kier molecular flexibility index (Phi) is 13.9. The maximum absolute atomic E-state index is 10.5. The zero-order chi connectivity index (χ0) is 19.1. The van der Waals surface area contributed by atoms with E-state index in [-0.39, 0.29) is 0 Å². The molecule has 1 aromatic carbocycles. The Morgan fingerprint density at radius 3 is 1.92 bits per heavy atom. The van der Waals surface area contributed by atoms with Crippen LogP contribution in [-0.4, -0.2) is 63.9 Å². The van der Waals surface area contributed by atoms with Crippen LogP contribution in [0.15, 0.2) is 36.4 Å². The van der Waals surface area contributed by atoms with Gasteiger partial charge in [-0.25, -0.2) is 0 Å². The number of nitrogens with one attached hydrogen (secondary N) is 1. The van der Waals surface area contributed by atoms with Crippen LogP contribution in [0, 0.1) is 0 Å². The minimum atomic E-state index is 0.343. The molecule has 142 valence electrons. The van der Waals surface area contributed by atoms with Crippen LogP contribution in [0.2, 0.25) is 0 Å². The molecule has 0 bridgehead atoms. The highest BCUT2D eigenvalue weighted by atomic mass is 16.1. The Labute approximate surface area is 154 Å². The predicted octanol–water partition coefficient (Wildman–Crippen LogP) is 3.62. The molecule has 1 fully saturated rings. The third-order valence-electron chi connectivity index (χ3n) is 4.14. The average Bonchev–Trinajstić information content (AvgIpc) is 3.11. The molecule has 0 aliphatic carbocycles. The van der Waals surface area contributed by atoms with Gasteiger partial charge in [0.15, 0.2) is 0 Å². The Bertz CT molecular complexity index is 459. The highest BCUT2D eigenvalue weighted by molar-refractivity contribution is 5.74. The van der Waals surface area contributed by atoms with Crippen LogP contribution in [0.5, 0.6) is 0 Å². The van der Waals surface area contributed by atoms with E-state index >= 15 is 0 Å². The zero-order valence-electron chi connectivity index (χ0n) is 17.0. The van der Waals surface area contributed by atoms with Gasteiger partial charge in [0.05, 0.1) is 0 Å². The van der Waals surface area contributed by atoms with E-state index in [9.17, 15) is 4.79 Å². The fraction of sp³-hybridized carbons (Fsp3) is 0.571. The van der Waals surface area contributed by atoms with Crippen molar-refractivity contribution >= 4 is 6.29 Å². The van der Waals surface area contributed by atoms with E-state index < -0.39 is 0 Å². The van der Waals surface area contributed by atoms with Gasteiger partial charge >= 0.3 is 0 Å². The molecule has 25 heavy (non-hydrogen) atoms. The quantitative estimate of drug-likeness (QED) is 0.652. The molecule has 4 nitrogen and oxygen atoms in total. The van der Waals surface area contributed by atoms with Crippen LogP contribution < -0.4 is 5.32 Å². The smallest absolute Gasteiger partial charge is 0.150 e. The van der Waals surface area contributed by atoms with Gasteiger partial charge in [-0.2, -0.15) is 0 Å². The maximum atomic E-state index is 10.5. The van der Waals surface area contributed by atoms with Gasteiger partial charge in [0.1, 0.15) is 6.29 Å². The number of allylic oxidation sites excluding steroid dienone is 2. The second kappa shape index (κ2) is 14.8. The van der Waals surface area contributed by atoms with E-state index in [1.54, 1.807) is 0 Å². The van der Waals surface area contributed by atoms with E-state index in [0.717, 1.165) is 18.4 Å². The summed E-state index contributed by atoms with van der Waals surface area (Å²) in [6.45, 7) is 7.54. The standard InChI is InChI=1S/C12H18N2O.C5H11N.C4H8/c1-13-8-12(14(2)3)11-6-4-10(9-15)5-7-11;1-6-4-2-3-5-6;1-3-4-2/h4-7,9,12-13H,8H2,1-3H3;2-5H2,1H3;3-4H,1-2H3/b;;4-3-. The third kappa shape index (κ3) is 10.9. The molecule has 2 rings (SSSR count). The van der Waals surface area contributed by atoms with Crippen LogP contribution in [0.1, 0.15) is 48.7 Å². The summed E-state index contributed by atoms with van der Waals surface area (Å²) in [6, 6.07) is 8.07. The summed E-state index contributed by atoms with van der Waals surface area (Å²) in [5.41, 5.74) is 1.95. The van der Waals surface area contributed by atoms with Crippen LogP contribution in [0.3, 0.4) is 0 Å². The molecule has 1 aromatic rings. The number of likely N-dealkylation sites (N-methyl/N-ethyl adjacent to an activating group) is 2. The highest BCUT2D eigenvalue weighted by Crippen LogP contribution is 2.17. The lowest BCUT2D eigenvalue weighted by Gasteiger charge is -2.24. The van der Waals surface area contributed by atoms with E-state index in [2.05, 4.69) is 36.3 Å². The van der Waals surface area contributed by atoms with Crippen molar-refractivity contribution in [2.75, 3.05) is 47.8 Å². The van der Waals surface area contributed by atoms with Gasteiger partial charge in [-0.3, -0.25) is 4.79 Å². The van der Waals surface area contributed by atoms with Crippen molar-refractivity contribution in [3.05, 3.63) is 47.5 Å². The third-order valence-corrected chi connectivity index (χ3v) is 4.14. The molecule has 4 heteroatoms. The second-order valence-electron chi connectivity index (χ2n) is 6.50. The van der Waals surface area contributed by atoms with Gasteiger partial charge in [0, 0.05) is 18.2 Å². The first kappa shape index (κ1) is 23.5. The monoisotopic (exact) mass is 347 g/mol. The van der Waals surface area contributed by atoms with Crippen LogP contribution in [-0.2, 0) is 0 Å². The first-order valence-electron chi connectivity index (χ1n) is 9.12. The van der Waals surface area contributed by atoms with Crippen molar-refractivity contribution < 1.29 is 4.79 Å². The molecule has 1 aliphatic heterocycles. The summed E-state index contributed by atoms with van der Waals surface area (Å²) in [6.07, 6.45) is 7.69. The first-order chi connectivity index (χ1) is 12.0. The lowest BCUT2D eigenvalue weighted by molar-refractivity contribution is 0.112. The van der Waals surface area contributed by atoms with Gasteiger partial charge in [-0.1, -0.05) is 36.4 Å². The fourth-order valence-electron chi connectivity index (χ4n) is 2.46. The Hall–Kier alpha value is -1.49. The minimum absolute atomic E-state index is 0.343. The number of aldehydes is 1. The number of likely N-dealkylation sites (tertiary alicyclic amines) is 1. The SMILES string of the molecule is C/C=C\C.CN1CCCC1.CNCC(c1ccc(C=O)cc1)N(C)C. The molecule has 1 aliphatic rings. The van der Waals surface area contributed by atoms with Crippen molar-refractivity contribution in [3.63, 3.8) is 0 Å². The van der Waals surface area contributed by atoms with Crippen molar-refractivity contribution in [3.8, 4) is 0 Å². The summed E-state index contributed by atoms with van der Waals surface area (Å²) in [7, 11) is 8.22. The van der Waals surface area contributed by atoms with Crippen molar-refractivity contribution in [1.82, 2.24) is 15.1 Å². The van der Waals surface area contributed by atoms with Gasteiger partial charge in [0.2, 0.25) is 0 Å². The number of rotatable bonds is 5. The highest BCUT2D eigenvalue weighted by Gasteiger charge is 2.12. The van der Waals surface area contributed by atoms with Crippen molar-refractivity contribution in [1.29, 1.82) is 0 Å². The van der Waals surface area contributed by atoms with Crippen LogP contribution in [0.25, 0.3) is 0 Å². The molecule has 0 spiro atoms. The Morgan fingerprint density at radius 2 is 1.64 bits per heavy atom. The number of benzene rings is 1. The lowest BCUT2D eigenvalue weighted by Crippen LogP contribution is -2.29. The molecule has 0 amide bonds. The first-order valence-corrected chi connectivity index (χ1v) is 9.12. The van der Waals surface area contributed by atoms with E-state index in [4.69, 9.17) is 0 Å². The Morgan fingerprint density at radius 1 is 1.12 bits per heavy atom. The van der Waals surface area contributed by atoms with Gasteiger partial charge in [0.25, 0.3) is 0 Å². The molecule has 1 unspecified atom stereocenters. The summed E-state index contributed by atoms with van der Waals surface area (Å²) in [4.78, 5) is 15.0. The molecular weight excluding hydrogens is 310 g/mol. The number of nitrogens with zero attached hydrogens (tertiary/aromatic N) is 2. The number of carbonyl (C=O) groups excluding carboxylic acids is 1. The average molecular weight is 348 g/mol. The van der Waals surface area contributed by atoms with E-state index in [1.165, 1.54) is 31.5 Å². The molecular formula is C21H37N3O. The largest absolute Gasteiger partial charge is 0.318 e. The predicted molar refractivity (Wildman–Crippen MR) is 109 cm³/mol. The van der Waals surface area contributed by atoms with Gasteiger partial charge in [-0.15, -0.1) is 0 Å². The summed E-state index contributed by atoms with van der Waals surface area (Å²) in [5, 5.41) is 3.17. The second-order valence-corrected chi connectivity index (χ2v) is 6.50. The summed E-state index contributed by atoms with van der Waals surface area (Å²) in [5.74, 6) is 0. The Balaban J connectivity index is 0.000000470. The molecule has 1 atom stereocenters. The molecule has 1 N–H and O–H groups in total. The number of hydrogen-bond donors (Lipinski definition) is 1. The van der Waals surface area contributed by atoms with E-state index in [0.29, 0.717) is 6.04 Å². The summed E-state index contributed by atoms with van der Waals surface area (Å²) >= 11 is 0. The van der Waals surface area contributed by atoms with Crippen molar-refractivity contribution in [2.45, 2.75) is 32.7 Å². The van der Waals surface area contributed by atoms with Crippen molar-refractivity contribution in [2.24, 2.45) is 0 Å². The number of carbonyl (C=O) groups is 1. The molecule has 0 radical (unpaired) electrons. The van der Waals surface area contributed by atoms with Gasteiger partial charge < -0.3 is 15.1 Å². The van der Waals surface area contributed by atoms with E-state index in [1.807, 2.05) is 57.3 Å². The topological polar surface area (TPSA) is 35.6 Å². The normalized spacial score (nSPS) is 15.3. The number of hydrogen-bond acceptors (Lipinski definition) is 4. The maximum Gasteiger partial charge on any atom is 0.150 e. The zero-order valence-corrected chi connectivity index (χ0v) is 17.0. The molecule has 0 aromatic heterocycles. The van der Waals surface area contributed by atoms with Crippen LogP contribution in [0.4, 0.5) is 0 Å².